The first kappa shape index (κ1) is 22.9. The summed E-state index contributed by atoms with van der Waals surface area (Å²) in [7, 11) is 0. The van der Waals surface area contributed by atoms with E-state index in [-0.39, 0.29) is 30.8 Å². The molecule has 3 aromatic rings. The number of carboxylic acid groups (broad SMARTS) is 1. The van der Waals surface area contributed by atoms with Crippen LogP contribution in [0.4, 0.5) is 4.79 Å². The molecule has 2 N–H and O–H groups in total. The number of rotatable bonds is 6. The number of aliphatic carboxylic acids is 1. The van der Waals surface area contributed by atoms with Crippen LogP contribution in [0.3, 0.4) is 0 Å². The van der Waals surface area contributed by atoms with Gasteiger partial charge in [0.25, 0.3) is 0 Å². The molecule has 0 saturated carbocycles. The Morgan fingerprint density at radius 2 is 1.85 bits per heavy atom. The minimum Gasteiger partial charge on any atom is -0.490 e. The highest BCUT2D eigenvalue weighted by atomic mass is 35.5. The number of nitrogens with zero attached hydrogens (tertiary/aromatic N) is 2. The number of amides is 2. The second kappa shape index (κ2) is 9.39. The van der Waals surface area contributed by atoms with Gasteiger partial charge in [-0.25, -0.2) is 4.79 Å². The number of carboxylic acids is 1. The fourth-order valence-electron chi connectivity index (χ4n) is 5.24. The Morgan fingerprint density at radius 1 is 1.09 bits per heavy atom. The summed E-state index contributed by atoms with van der Waals surface area (Å²) < 4.78 is 8.11. The van der Waals surface area contributed by atoms with E-state index in [1.807, 2.05) is 35.2 Å². The zero-order chi connectivity index (χ0) is 23.8. The number of aromatic nitrogens is 1. The fraction of sp³-hybridized carbons (Fsp3) is 0.360. The van der Waals surface area contributed by atoms with E-state index in [1.54, 1.807) is 22.9 Å². The smallest absolute Gasteiger partial charge is 0.323 e. The van der Waals surface area contributed by atoms with Gasteiger partial charge in [-0.05, 0) is 48.7 Å². The number of halogens is 2. The van der Waals surface area contributed by atoms with Crippen molar-refractivity contribution in [2.45, 2.75) is 57.0 Å². The summed E-state index contributed by atoms with van der Waals surface area (Å²) in [5, 5.41) is 14.1. The molecule has 2 aromatic carbocycles. The van der Waals surface area contributed by atoms with Gasteiger partial charge in [0.05, 0.1) is 5.52 Å². The third kappa shape index (κ3) is 4.55. The van der Waals surface area contributed by atoms with Gasteiger partial charge >= 0.3 is 12.0 Å². The van der Waals surface area contributed by atoms with Gasteiger partial charge in [0.1, 0.15) is 18.4 Å². The second-order valence-electron chi connectivity index (χ2n) is 8.92. The van der Waals surface area contributed by atoms with Crippen LogP contribution >= 0.6 is 23.2 Å². The van der Waals surface area contributed by atoms with Gasteiger partial charge in [0, 0.05) is 53.1 Å². The molecule has 2 saturated heterocycles. The van der Waals surface area contributed by atoms with E-state index in [0.29, 0.717) is 16.6 Å². The van der Waals surface area contributed by atoms with Crippen molar-refractivity contribution < 1.29 is 19.4 Å². The monoisotopic (exact) mass is 501 g/mol. The second-order valence-corrected chi connectivity index (χ2v) is 9.77. The Labute approximate surface area is 207 Å². The molecule has 34 heavy (non-hydrogen) atoms. The number of hydrogen-bond acceptors (Lipinski definition) is 3. The maximum absolute atomic E-state index is 13.0. The number of benzene rings is 2. The molecule has 1 aromatic heterocycles. The molecule has 3 heterocycles. The van der Waals surface area contributed by atoms with Crippen molar-refractivity contribution in [2.75, 3.05) is 0 Å². The van der Waals surface area contributed by atoms with E-state index in [0.717, 1.165) is 47.9 Å². The number of hydrogen-bond donors (Lipinski definition) is 2. The number of fused-ring (bicyclic) bond motifs is 3. The minimum atomic E-state index is -0.885. The molecular formula is C25H25Cl2N3O4. The fourth-order valence-corrected chi connectivity index (χ4v) is 5.72. The largest absolute Gasteiger partial charge is 0.490 e. The summed E-state index contributed by atoms with van der Waals surface area (Å²) >= 11 is 12.2. The Kier molecular flexibility index (Phi) is 6.32. The maximum Gasteiger partial charge on any atom is 0.323 e. The van der Waals surface area contributed by atoms with Crippen LogP contribution in [0.25, 0.3) is 10.9 Å². The molecule has 7 nitrogen and oxygen atoms in total. The normalized spacial score (nSPS) is 21.6. The lowest BCUT2D eigenvalue weighted by Crippen LogP contribution is -2.52. The van der Waals surface area contributed by atoms with Gasteiger partial charge in [-0.3, -0.25) is 4.79 Å². The number of urea groups is 1. The zero-order valence-electron chi connectivity index (χ0n) is 18.4. The lowest BCUT2D eigenvalue weighted by molar-refractivity contribution is -0.137. The van der Waals surface area contributed by atoms with Crippen molar-refractivity contribution in [1.82, 2.24) is 14.8 Å². The molecule has 0 unspecified atom stereocenters. The van der Waals surface area contributed by atoms with E-state index in [2.05, 4.69) is 5.32 Å². The first-order chi connectivity index (χ1) is 16.4. The molecule has 2 aliphatic heterocycles. The highest BCUT2D eigenvalue weighted by molar-refractivity contribution is 6.35. The van der Waals surface area contributed by atoms with Crippen LogP contribution < -0.4 is 10.1 Å². The lowest BCUT2D eigenvalue weighted by atomic mass is 10.00. The van der Waals surface area contributed by atoms with Crippen molar-refractivity contribution in [2.24, 2.45) is 0 Å². The molecule has 0 spiro atoms. The first-order valence-corrected chi connectivity index (χ1v) is 12.1. The van der Waals surface area contributed by atoms with Crippen LogP contribution in [-0.2, 0) is 17.9 Å². The van der Waals surface area contributed by atoms with Gasteiger partial charge in [0.15, 0.2) is 0 Å². The summed E-state index contributed by atoms with van der Waals surface area (Å²) in [5.41, 5.74) is 1.66. The van der Waals surface area contributed by atoms with Crippen LogP contribution in [-0.4, -0.2) is 44.8 Å². The Hall–Kier alpha value is -2.90. The van der Waals surface area contributed by atoms with Crippen molar-refractivity contribution in [3.63, 3.8) is 0 Å². The molecule has 0 aliphatic carbocycles. The average Bonchev–Trinajstić information content (AvgIpc) is 3.31. The quantitative estimate of drug-likeness (QED) is 0.478. The SMILES string of the molecule is O=C(O)Cn1ccc2c(OC3C[C@@H]4CC[C@@H](C3)N4C(=O)NCc3ccc(Cl)cc3Cl)cccc21. The standard InChI is InChI=1S/C25H25Cl2N3O4/c26-16-5-4-15(21(27)10-16)13-28-25(33)30-17-6-7-18(30)12-19(11-17)34-23-3-1-2-22-20(23)8-9-29(22)14-24(31)32/h1-5,8-10,17-19H,6-7,11-14H2,(H,28,33)(H,31,32)/t17-,18-/m0/s1. The topological polar surface area (TPSA) is 83.8 Å². The van der Waals surface area contributed by atoms with E-state index < -0.39 is 5.97 Å². The molecule has 2 atom stereocenters. The average molecular weight is 502 g/mol. The van der Waals surface area contributed by atoms with Crippen molar-refractivity contribution >= 4 is 46.1 Å². The third-order valence-corrected chi connectivity index (χ3v) is 7.33. The number of carbonyl (C=O) groups excluding carboxylic acids is 1. The van der Waals surface area contributed by atoms with Gasteiger partial charge < -0.3 is 24.6 Å². The first-order valence-electron chi connectivity index (χ1n) is 11.4. The molecule has 0 radical (unpaired) electrons. The van der Waals surface area contributed by atoms with Crippen molar-refractivity contribution in [1.29, 1.82) is 0 Å². The van der Waals surface area contributed by atoms with Crippen LogP contribution in [0.1, 0.15) is 31.2 Å². The van der Waals surface area contributed by atoms with E-state index in [9.17, 15) is 9.59 Å². The van der Waals surface area contributed by atoms with E-state index in [4.69, 9.17) is 33.0 Å². The molecule has 2 aliphatic rings. The van der Waals surface area contributed by atoms with Crippen LogP contribution in [0, 0.1) is 0 Å². The molecule has 178 valence electrons. The Morgan fingerprint density at radius 3 is 2.56 bits per heavy atom. The predicted molar refractivity (Wildman–Crippen MR) is 131 cm³/mol. The number of ether oxygens (including phenoxy) is 1. The molecule has 2 fully saturated rings. The number of piperidine rings is 1. The van der Waals surface area contributed by atoms with Crippen molar-refractivity contribution in [3.8, 4) is 5.75 Å². The Balaban J connectivity index is 1.24. The highest BCUT2D eigenvalue weighted by Gasteiger charge is 2.44. The van der Waals surface area contributed by atoms with Gasteiger partial charge in [-0.1, -0.05) is 35.3 Å². The van der Waals surface area contributed by atoms with Gasteiger partial charge in [-0.2, -0.15) is 0 Å². The zero-order valence-corrected chi connectivity index (χ0v) is 19.9. The number of nitrogens with one attached hydrogen (secondary N) is 1. The van der Waals surface area contributed by atoms with E-state index >= 15 is 0 Å². The van der Waals surface area contributed by atoms with Gasteiger partial charge in [-0.15, -0.1) is 0 Å². The van der Waals surface area contributed by atoms with E-state index in [1.165, 1.54) is 0 Å². The minimum absolute atomic E-state index is 0.000633. The maximum atomic E-state index is 13.0. The molecule has 2 bridgehead atoms. The van der Waals surface area contributed by atoms with Crippen LogP contribution in [0.5, 0.6) is 5.75 Å². The summed E-state index contributed by atoms with van der Waals surface area (Å²) in [5.74, 6) is -0.134. The lowest BCUT2D eigenvalue weighted by Gasteiger charge is -2.39. The van der Waals surface area contributed by atoms with Crippen LogP contribution in [0.2, 0.25) is 10.0 Å². The predicted octanol–water partition coefficient (Wildman–Crippen LogP) is 5.32. The summed E-state index contributed by atoms with van der Waals surface area (Å²) in [6.07, 6.45) is 5.21. The highest BCUT2D eigenvalue weighted by Crippen LogP contribution is 2.38. The van der Waals surface area contributed by atoms with Gasteiger partial charge in [0.2, 0.25) is 0 Å². The Bertz CT molecular complexity index is 1230. The summed E-state index contributed by atoms with van der Waals surface area (Å²) in [6, 6.07) is 13.0. The summed E-state index contributed by atoms with van der Waals surface area (Å²) in [4.78, 5) is 26.1. The molecular weight excluding hydrogens is 477 g/mol. The summed E-state index contributed by atoms with van der Waals surface area (Å²) in [6.45, 7) is 0.256. The van der Waals surface area contributed by atoms with Crippen LogP contribution in [0.15, 0.2) is 48.7 Å². The third-order valence-electron chi connectivity index (χ3n) is 6.74. The number of carbonyl (C=O) groups is 2. The van der Waals surface area contributed by atoms with Crippen molar-refractivity contribution in [3.05, 3.63) is 64.3 Å². The molecule has 5 rings (SSSR count). The molecule has 9 heteroatoms. The molecule has 2 amide bonds.